The quantitative estimate of drug-likeness (QED) is 0.885. The minimum absolute atomic E-state index is 0.460. The maximum atomic E-state index is 4.63. The van der Waals surface area contributed by atoms with E-state index in [4.69, 9.17) is 0 Å². The van der Waals surface area contributed by atoms with E-state index < -0.39 is 0 Å². The van der Waals surface area contributed by atoms with Gasteiger partial charge in [-0.25, -0.2) is 0 Å². The fraction of sp³-hybridized carbons (Fsp3) is 0.667. The molecule has 106 valence electrons. The van der Waals surface area contributed by atoms with Gasteiger partial charge in [-0.15, -0.1) is 11.3 Å². The molecule has 2 rings (SSSR count). The van der Waals surface area contributed by atoms with Crippen molar-refractivity contribution in [2.24, 2.45) is 10.9 Å². The molecule has 1 aliphatic heterocycles. The van der Waals surface area contributed by atoms with Gasteiger partial charge < -0.3 is 5.32 Å². The van der Waals surface area contributed by atoms with Crippen molar-refractivity contribution in [2.45, 2.75) is 51.8 Å². The van der Waals surface area contributed by atoms with E-state index in [0.717, 1.165) is 24.1 Å². The van der Waals surface area contributed by atoms with Crippen LogP contribution < -0.4 is 5.32 Å². The second kappa shape index (κ2) is 6.80. The molecule has 0 aliphatic carbocycles. The van der Waals surface area contributed by atoms with Crippen molar-refractivity contribution in [3.63, 3.8) is 0 Å². The van der Waals surface area contributed by atoms with Gasteiger partial charge in [-0.1, -0.05) is 25.6 Å². The number of amidine groups is 1. The molecule has 2 nitrogen and oxygen atoms in total. The molecule has 19 heavy (non-hydrogen) atoms. The average molecular weight is 297 g/mol. The van der Waals surface area contributed by atoms with Crippen LogP contribution in [0.4, 0.5) is 0 Å². The molecular weight excluding hydrogens is 272 g/mol. The molecule has 0 amide bonds. The first-order valence-electron chi connectivity index (χ1n) is 7.06. The van der Waals surface area contributed by atoms with Gasteiger partial charge in [0.25, 0.3) is 0 Å². The Balaban J connectivity index is 1.76. The van der Waals surface area contributed by atoms with Gasteiger partial charge in [0.15, 0.2) is 5.17 Å². The summed E-state index contributed by atoms with van der Waals surface area (Å²) < 4.78 is 0. The lowest BCUT2D eigenvalue weighted by Gasteiger charge is -2.15. The molecule has 1 aromatic heterocycles. The molecule has 0 spiro atoms. The van der Waals surface area contributed by atoms with Crippen molar-refractivity contribution in [2.75, 3.05) is 6.54 Å². The minimum Gasteiger partial charge on any atom is -0.362 e. The van der Waals surface area contributed by atoms with Crippen LogP contribution in [0.1, 0.15) is 36.9 Å². The van der Waals surface area contributed by atoms with E-state index >= 15 is 0 Å². The van der Waals surface area contributed by atoms with E-state index in [-0.39, 0.29) is 0 Å². The zero-order valence-electron chi connectivity index (χ0n) is 12.3. The monoisotopic (exact) mass is 296 g/mol. The van der Waals surface area contributed by atoms with Crippen LogP contribution in [0.2, 0.25) is 0 Å². The number of nitrogens with zero attached hydrogens (tertiary/aromatic N) is 1. The van der Waals surface area contributed by atoms with Gasteiger partial charge in [0.2, 0.25) is 0 Å². The van der Waals surface area contributed by atoms with Crippen LogP contribution >= 0.6 is 23.1 Å². The maximum absolute atomic E-state index is 4.63. The van der Waals surface area contributed by atoms with Crippen LogP contribution in [0.25, 0.3) is 0 Å². The Morgan fingerprint density at radius 3 is 2.79 bits per heavy atom. The molecule has 0 saturated heterocycles. The van der Waals surface area contributed by atoms with Crippen molar-refractivity contribution >= 4 is 28.3 Å². The van der Waals surface area contributed by atoms with Crippen LogP contribution in [0.3, 0.4) is 0 Å². The molecule has 2 atom stereocenters. The number of aliphatic imine (C=N–C) groups is 1. The number of hydrogen-bond acceptors (Lipinski definition) is 4. The van der Waals surface area contributed by atoms with E-state index in [1.807, 2.05) is 23.1 Å². The standard InChI is InChI=1S/C15H24N2S2/c1-10(2)7-14-9-16-15(19-14)17-11(3)8-13-6-5-12(4)18-13/h5-6,10-11,14H,7-9H2,1-4H3,(H,16,17). The first-order chi connectivity index (χ1) is 9.02. The lowest BCUT2D eigenvalue weighted by atomic mass is 10.1. The third-order valence-electron chi connectivity index (χ3n) is 3.12. The summed E-state index contributed by atoms with van der Waals surface area (Å²) in [4.78, 5) is 7.48. The maximum Gasteiger partial charge on any atom is 0.157 e. The predicted molar refractivity (Wildman–Crippen MR) is 88.5 cm³/mol. The Bertz CT molecular complexity index is 437. The number of aryl methyl sites for hydroxylation is 1. The third kappa shape index (κ3) is 4.84. The van der Waals surface area contributed by atoms with Gasteiger partial charge in [0.05, 0.1) is 6.54 Å². The minimum atomic E-state index is 0.460. The molecule has 0 aromatic carbocycles. The van der Waals surface area contributed by atoms with Crippen molar-refractivity contribution in [1.82, 2.24) is 5.32 Å². The highest BCUT2D eigenvalue weighted by Crippen LogP contribution is 2.26. The zero-order valence-corrected chi connectivity index (χ0v) is 13.9. The van der Waals surface area contributed by atoms with Crippen LogP contribution in [0.15, 0.2) is 17.1 Å². The normalized spacial score (nSPS) is 20.7. The van der Waals surface area contributed by atoms with Gasteiger partial charge in [0, 0.05) is 27.5 Å². The van der Waals surface area contributed by atoms with Gasteiger partial charge in [-0.2, -0.15) is 0 Å². The highest BCUT2D eigenvalue weighted by Gasteiger charge is 2.21. The summed E-state index contributed by atoms with van der Waals surface area (Å²) in [7, 11) is 0. The Labute approximate surface area is 125 Å². The number of thiophene rings is 1. The fourth-order valence-corrected chi connectivity index (χ4v) is 4.69. The Morgan fingerprint density at radius 2 is 2.16 bits per heavy atom. The summed E-state index contributed by atoms with van der Waals surface area (Å²) in [6.45, 7) is 9.96. The van der Waals surface area contributed by atoms with Crippen LogP contribution in [0.5, 0.6) is 0 Å². The van der Waals surface area contributed by atoms with Crippen molar-refractivity contribution in [3.05, 3.63) is 21.9 Å². The van der Waals surface area contributed by atoms with Crippen molar-refractivity contribution in [1.29, 1.82) is 0 Å². The SMILES string of the molecule is Cc1ccc(CC(C)NC2=NCC(CC(C)C)S2)s1. The number of rotatable bonds is 5. The number of hydrogen-bond donors (Lipinski definition) is 1. The van der Waals surface area contributed by atoms with E-state index in [1.165, 1.54) is 16.2 Å². The first-order valence-corrected chi connectivity index (χ1v) is 8.75. The number of nitrogens with one attached hydrogen (secondary N) is 1. The topological polar surface area (TPSA) is 24.4 Å². The Kier molecular flexibility index (Phi) is 5.34. The summed E-state index contributed by atoms with van der Waals surface area (Å²) in [6.07, 6.45) is 2.35. The van der Waals surface area contributed by atoms with Gasteiger partial charge in [-0.05, 0) is 38.3 Å². The second-order valence-corrected chi connectivity index (χ2v) is 8.44. The van der Waals surface area contributed by atoms with Crippen LogP contribution in [-0.4, -0.2) is 23.0 Å². The number of thioether (sulfide) groups is 1. The molecule has 1 aliphatic rings. The lowest BCUT2D eigenvalue weighted by molar-refractivity contribution is 0.575. The van der Waals surface area contributed by atoms with Gasteiger partial charge in [0.1, 0.15) is 0 Å². The smallest absolute Gasteiger partial charge is 0.157 e. The molecule has 0 radical (unpaired) electrons. The van der Waals surface area contributed by atoms with E-state index in [9.17, 15) is 0 Å². The predicted octanol–water partition coefficient (Wildman–Crippen LogP) is 4.09. The van der Waals surface area contributed by atoms with Crippen molar-refractivity contribution < 1.29 is 0 Å². The summed E-state index contributed by atoms with van der Waals surface area (Å²) in [5, 5.41) is 5.38. The summed E-state index contributed by atoms with van der Waals surface area (Å²) in [5.41, 5.74) is 0. The Hall–Kier alpha value is -0.480. The van der Waals surface area contributed by atoms with Crippen LogP contribution in [-0.2, 0) is 6.42 Å². The molecule has 4 heteroatoms. The molecular formula is C15H24N2S2. The zero-order chi connectivity index (χ0) is 13.8. The summed E-state index contributed by atoms with van der Waals surface area (Å²) >= 11 is 3.82. The highest BCUT2D eigenvalue weighted by atomic mass is 32.2. The molecule has 2 heterocycles. The van der Waals surface area contributed by atoms with E-state index in [1.54, 1.807) is 0 Å². The van der Waals surface area contributed by atoms with E-state index in [0.29, 0.717) is 11.3 Å². The molecule has 1 aromatic rings. The average Bonchev–Trinajstić information content (AvgIpc) is 2.88. The second-order valence-electron chi connectivity index (χ2n) is 5.78. The van der Waals surface area contributed by atoms with E-state index in [2.05, 4.69) is 50.1 Å². The largest absolute Gasteiger partial charge is 0.362 e. The molecule has 0 fully saturated rings. The lowest BCUT2D eigenvalue weighted by Crippen LogP contribution is -2.31. The molecule has 2 unspecified atom stereocenters. The third-order valence-corrected chi connectivity index (χ3v) is 5.29. The Morgan fingerprint density at radius 1 is 1.37 bits per heavy atom. The van der Waals surface area contributed by atoms with Gasteiger partial charge in [-0.3, -0.25) is 4.99 Å². The fourth-order valence-electron chi connectivity index (χ4n) is 2.30. The molecule has 0 bridgehead atoms. The summed E-state index contributed by atoms with van der Waals surface area (Å²) in [5.74, 6) is 0.763. The molecule has 0 saturated carbocycles. The highest BCUT2D eigenvalue weighted by molar-refractivity contribution is 8.14. The van der Waals surface area contributed by atoms with Crippen LogP contribution in [0, 0.1) is 12.8 Å². The summed E-state index contributed by atoms with van der Waals surface area (Å²) in [6, 6.07) is 4.90. The van der Waals surface area contributed by atoms with Crippen molar-refractivity contribution in [3.8, 4) is 0 Å². The molecule has 1 N–H and O–H groups in total. The van der Waals surface area contributed by atoms with Gasteiger partial charge >= 0.3 is 0 Å². The first kappa shape index (κ1) is 14.9.